The second-order valence-corrected chi connectivity index (χ2v) is 4.70. The highest BCUT2D eigenvalue weighted by atomic mass is 32.2. The van der Waals surface area contributed by atoms with E-state index in [0.29, 0.717) is 5.37 Å². The van der Waals surface area contributed by atoms with Crippen LogP contribution < -0.4 is 4.57 Å². The third-order valence-electron chi connectivity index (χ3n) is 1.79. The van der Waals surface area contributed by atoms with E-state index in [1.54, 1.807) is 11.8 Å². The standard InChI is InChI=1S/C9H10NS2/c1-2-11-9-7-12-8-5-3-4-6-10(8)9/h2-6,9H,1,7H2/q+1. The van der Waals surface area contributed by atoms with E-state index in [-0.39, 0.29) is 0 Å². The van der Waals surface area contributed by atoms with Crippen molar-refractivity contribution in [1.82, 2.24) is 0 Å². The van der Waals surface area contributed by atoms with Gasteiger partial charge in [0.15, 0.2) is 6.20 Å². The summed E-state index contributed by atoms with van der Waals surface area (Å²) in [4.78, 5) is 0. The molecular formula is C9H10NS2+. The molecule has 2 rings (SSSR count). The molecule has 1 aliphatic heterocycles. The molecule has 0 radical (unpaired) electrons. The van der Waals surface area contributed by atoms with Crippen molar-refractivity contribution in [2.75, 3.05) is 5.75 Å². The molecule has 0 aliphatic carbocycles. The Morgan fingerprint density at radius 2 is 2.58 bits per heavy atom. The predicted octanol–water partition coefficient (Wildman–Crippen LogP) is 2.46. The molecule has 0 saturated carbocycles. The second-order valence-electron chi connectivity index (χ2n) is 2.51. The number of hydrogen-bond acceptors (Lipinski definition) is 2. The Bertz CT molecular complexity index is 298. The van der Waals surface area contributed by atoms with Gasteiger partial charge in [-0.2, -0.15) is 4.57 Å². The summed E-state index contributed by atoms with van der Waals surface area (Å²) < 4.78 is 2.30. The fourth-order valence-electron chi connectivity index (χ4n) is 1.25. The molecule has 1 nitrogen and oxygen atoms in total. The van der Waals surface area contributed by atoms with E-state index in [4.69, 9.17) is 0 Å². The third kappa shape index (κ3) is 1.39. The van der Waals surface area contributed by atoms with Crippen LogP contribution in [0.4, 0.5) is 0 Å². The number of hydrogen-bond donors (Lipinski definition) is 0. The lowest BCUT2D eigenvalue weighted by molar-refractivity contribution is -0.726. The molecule has 62 valence electrons. The first kappa shape index (κ1) is 8.20. The van der Waals surface area contributed by atoms with E-state index >= 15 is 0 Å². The lowest BCUT2D eigenvalue weighted by atomic mass is 10.5. The van der Waals surface area contributed by atoms with Crippen LogP contribution in [0.1, 0.15) is 5.37 Å². The summed E-state index contributed by atoms with van der Waals surface area (Å²) in [5.74, 6) is 1.15. The zero-order chi connectivity index (χ0) is 8.39. The van der Waals surface area contributed by atoms with Crippen LogP contribution >= 0.6 is 23.5 Å². The van der Waals surface area contributed by atoms with Gasteiger partial charge < -0.3 is 0 Å². The van der Waals surface area contributed by atoms with Gasteiger partial charge in [-0.15, -0.1) is 0 Å². The summed E-state index contributed by atoms with van der Waals surface area (Å²) in [6, 6.07) is 6.32. The molecule has 0 amide bonds. The lowest BCUT2D eigenvalue weighted by Crippen LogP contribution is -2.35. The van der Waals surface area contributed by atoms with Crippen molar-refractivity contribution in [3.05, 3.63) is 36.4 Å². The highest BCUT2D eigenvalue weighted by Crippen LogP contribution is 2.32. The second kappa shape index (κ2) is 3.54. The minimum atomic E-state index is 0.545. The molecule has 1 aliphatic rings. The Labute approximate surface area is 80.9 Å². The molecule has 0 aromatic carbocycles. The van der Waals surface area contributed by atoms with Gasteiger partial charge in [-0.1, -0.05) is 18.3 Å². The normalized spacial score (nSPS) is 20.5. The van der Waals surface area contributed by atoms with E-state index in [2.05, 4.69) is 35.5 Å². The minimum Gasteiger partial charge on any atom is -0.179 e. The van der Waals surface area contributed by atoms with Gasteiger partial charge in [0.2, 0.25) is 10.4 Å². The average Bonchev–Trinajstić information content (AvgIpc) is 2.50. The Kier molecular flexibility index (Phi) is 2.42. The molecule has 1 unspecified atom stereocenters. The molecule has 12 heavy (non-hydrogen) atoms. The quantitative estimate of drug-likeness (QED) is 0.669. The van der Waals surface area contributed by atoms with Gasteiger partial charge in [-0.05, 0) is 23.2 Å². The molecule has 0 N–H and O–H groups in total. The fraction of sp³-hybridized carbons (Fsp3) is 0.222. The molecule has 3 heteroatoms. The van der Waals surface area contributed by atoms with Crippen LogP contribution in [-0.4, -0.2) is 5.75 Å². The van der Waals surface area contributed by atoms with E-state index < -0.39 is 0 Å². The summed E-state index contributed by atoms with van der Waals surface area (Å²) >= 11 is 3.70. The maximum atomic E-state index is 3.74. The van der Waals surface area contributed by atoms with Gasteiger partial charge in [0.1, 0.15) is 0 Å². The molecule has 0 spiro atoms. The number of rotatable bonds is 2. The number of fused-ring (bicyclic) bond motifs is 1. The summed E-state index contributed by atoms with van der Waals surface area (Å²) in [5, 5.41) is 3.82. The SMILES string of the molecule is C=CSC1CSc2cccc[n+]21. The van der Waals surface area contributed by atoms with E-state index in [0.717, 1.165) is 5.75 Å². The molecule has 2 heterocycles. The van der Waals surface area contributed by atoms with E-state index in [1.165, 1.54) is 5.03 Å². The van der Waals surface area contributed by atoms with Crippen molar-refractivity contribution in [3.8, 4) is 0 Å². The maximum absolute atomic E-state index is 3.74. The highest BCUT2D eigenvalue weighted by Gasteiger charge is 2.29. The highest BCUT2D eigenvalue weighted by molar-refractivity contribution is 8.04. The fourth-order valence-corrected chi connectivity index (χ4v) is 3.36. The molecule has 0 fully saturated rings. The Morgan fingerprint density at radius 3 is 3.42 bits per heavy atom. The minimum absolute atomic E-state index is 0.545. The van der Waals surface area contributed by atoms with Crippen molar-refractivity contribution < 1.29 is 4.57 Å². The lowest BCUT2D eigenvalue weighted by Gasteiger charge is -1.99. The van der Waals surface area contributed by atoms with Crippen LogP contribution in [0.2, 0.25) is 0 Å². The van der Waals surface area contributed by atoms with Crippen LogP contribution in [0, 0.1) is 0 Å². The van der Waals surface area contributed by atoms with Gasteiger partial charge >= 0.3 is 0 Å². The number of thioether (sulfide) groups is 2. The largest absolute Gasteiger partial charge is 0.241 e. The molecule has 0 saturated heterocycles. The maximum Gasteiger partial charge on any atom is 0.241 e. The van der Waals surface area contributed by atoms with Crippen molar-refractivity contribution in [2.24, 2.45) is 0 Å². The monoisotopic (exact) mass is 196 g/mol. The number of aromatic nitrogens is 1. The summed E-state index contributed by atoms with van der Waals surface area (Å²) in [7, 11) is 0. The molecule has 0 bridgehead atoms. The summed E-state index contributed by atoms with van der Waals surface area (Å²) in [5.41, 5.74) is 0. The first-order chi connectivity index (χ1) is 5.92. The first-order valence-electron chi connectivity index (χ1n) is 3.81. The zero-order valence-corrected chi connectivity index (χ0v) is 8.28. The van der Waals surface area contributed by atoms with Crippen LogP contribution in [0.3, 0.4) is 0 Å². The van der Waals surface area contributed by atoms with Crippen molar-refractivity contribution >= 4 is 23.5 Å². The van der Waals surface area contributed by atoms with Crippen molar-refractivity contribution in [3.63, 3.8) is 0 Å². The Balaban J connectivity index is 2.29. The van der Waals surface area contributed by atoms with Crippen molar-refractivity contribution in [2.45, 2.75) is 10.4 Å². The summed E-state index contributed by atoms with van der Waals surface area (Å²) in [6.45, 7) is 3.74. The van der Waals surface area contributed by atoms with Crippen molar-refractivity contribution in [1.29, 1.82) is 0 Å². The number of pyridine rings is 1. The van der Waals surface area contributed by atoms with Gasteiger partial charge in [-0.3, -0.25) is 0 Å². The molecule has 1 aromatic rings. The Hall–Kier alpha value is -0.410. The number of nitrogens with zero attached hydrogens (tertiary/aromatic N) is 1. The molecular weight excluding hydrogens is 186 g/mol. The molecule has 1 atom stereocenters. The van der Waals surface area contributed by atoms with E-state index in [9.17, 15) is 0 Å². The first-order valence-corrected chi connectivity index (χ1v) is 5.74. The van der Waals surface area contributed by atoms with Crippen LogP contribution in [0.15, 0.2) is 41.4 Å². The van der Waals surface area contributed by atoms with Gasteiger partial charge in [0.25, 0.3) is 0 Å². The van der Waals surface area contributed by atoms with Gasteiger partial charge in [0, 0.05) is 12.1 Å². The van der Waals surface area contributed by atoms with Crippen LogP contribution in [-0.2, 0) is 0 Å². The van der Waals surface area contributed by atoms with Crippen LogP contribution in [0.5, 0.6) is 0 Å². The van der Waals surface area contributed by atoms with Gasteiger partial charge in [0.05, 0.1) is 5.75 Å². The predicted molar refractivity (Wildman–Crippen MR) is 54.2 cm³/mol. The third-order valence-corrected chi connectivity index (χ3v) is 4.02. The Morgan fingerprint density at radius 1 is 1.67 bits per heavy atom. The summed E-state index contributed by atoms with van der Waals surface area (Å²) in [6.07, 6.45) is 2.14. The van der Waals surface area contributed by atoms with E-state index in [1.807, 2.05) is 17.2 Å². The molecule has 1 aromatic heterocycles. The average molecular weight is 196 g/mol. The smallest absolute Gasteiger partial charge is 0.179 e. The topological polar surface area (TPSA) is 3.88 Å². The van der Waals surface area contributed by atoms with Gasteiger partial charge in [-0.25, -0.2) is 0 Å². The zero-order valence-electron chi connectivity index (χ0n) is 6.64. The van der Waals surface area contributed by atoms with Crippen LogP contribution in [0.25, 0.3) is 0 Å².